The number of rotatable bonds is 5. The molecule has 5 nitrogen and oxygen atoms in total. The van der Waals surface area contributed by atoms with Gasteiger partial charge in [-0.3, -0.25) is 4.90 Å². The van der Waals surface area contributed by atoms with Crippen molar-refractivity contribution in [3.05, 3.63) is 77.0 Å². The highest BCUT2D eigenvalue weighted by Crippen LogP contribution is 2.34. The summed E-state index contributed by atoms with van der Waals surface area (Å²) in [6, 6.07) is 18.3. The summed E-state index contributed by atoms with van der Waals surface area (Å²) in [4.78, 5) is 26.7. The standard InChI is InChI=1S/C26H30N4O/c1-18(2)20-13-8-9-14-21(20)24-27-23-16-10-15-22(23)25(28-24)30(26(31)29(3)4)17-19-11-6-5-7-12-19/h5-9,11-14,18H,10,15-17H2,1-4H3. The summed E-state index contributed by atoms with van der Waals surface area (Å²) in [5.41, 5.74) is 5.53. The monoisotopic (exact) mass is 414 g/mol. The Balaban J connectivity index is 1.87. The molecule has 0 atom stereocenters. The highest BCUT2D eigenvalue weighted by atomic mass is 16.2. The van der Waals surface area contributed by atoms with Gasteiger partial charge in [-0.25, -0.2) is 14.8 Å². The maximum Gasteiger partial charge on any atom is 0.325 e. The molecular weight excluding hydrogens is 384 g/mol. The van der Waals surface area contributed by atoms with Crippen LogP contribution in [0.4, 0.5) is 10.6 Å². The van der Waals surface area contributed by atoms with Crippen LogP contribution in [0, 0.1) is 0 Å². The smallest absolute Gasteiger partial charge is 0.325 e. The highest BCUT2D eigenvalue weighted by Gasteiger charge is 2.28. The van der Waals surface area contributed by atoms with Gasteiger partial charge in [0.25, 0.3) is 0 Å². The van der Waals surface area contributed by atoms with Crippen LogP contribution in [0.1, 0.15) is 48.6 Å². The van der Waals surface area contributed by atoms with Gasteiger partial charge in [0.15, 0.2) is 5.82 Å². The van der Waals surface area contributed by atoms with E-state index in [1.807, 2.05) is 41.3 Å². The summed E-state index contributed by atoms with van der Waals surface area (Å²) >= 11 is 0. The molecule has 1 aromatic heterocycles. The summed E-state index contributed by atoms with van der Waals surface area (Å²) in [7, 11) is 3.58. The molecule has 1 heterocycles. The fourth-order valence-electron chi connectivity index (χ4n) is 4.20. The number of benzene rings is 2. The van der Waals surface area contributed by atoms with E-state index < -0.39 is 0 Å². The zero-order valence-electron chi connectivity index (χ0n) is 18.8. The Kier molecular flexibility index (Phi) is 6.03. The summed E-state index contributed by atoms with van der Waals surface area (Å²) in [6.45, 7) is 4.85. The van der Waals surface area contributed by atoms with Crippen LogP contribution in [-0.4, -0.2) is 35.0 Å². The molecule has 4 rings (SSSR count). The minimum Gasteiger partial charge on any atom is -0.330 e. The molecule has 0 saturated carbocycles. The van der Waals surface area contributed by atoms with Crippen LogP contribution < -0.4 is 4.90 Å². The lowest BCUT2D eigenvalue weighted by atomic mass is 9.96. The van der Waals surface area contributed by atoms with Crippen LogP contribution in [0.2, 0.25) is 0 Å². The second kappa shape index (κ2) is 8.88. The van der Waals surface area contributed by atoms with Gasteiger partial charge in [0, 0.05) is 30.9 Å². The van der Waals surface area contributed by atoms with Crippen molar-refractivity contribution in [2.24, 2.45) is 0 Å². The number of aryl methyl sites for hydroxylation is 1. The van der Waals surface area contributed by atoms with Crippen molar-refractivity contribution in [3.63, 3.8) is 0 Å². The molecule has 5 heteroatoms. The van der Waals surface area contributed by atoms with E-state index in [-0.39, 0.29) is 6.03 Å². The number of nitrogens with zero attached hydrogens (tertiary/aromatic N) is 4. The number of aromatic nitrogens is 2. The molecule has 1 aliphatic carbocycles. The Bertz CT molecular complexity index is 1080. The third-order valence-corrected chi connectivity index (χ3v) is 5.79. The van der Waals surface area contributed by atoms with Gasteiger partial charge >= 0.3 is 6.03 Å². The molecule has 2 aromatic carbocycles. The number of hydrogen-bond acceptors (Lipinski definition) is 3. The molecule has 0 fully saturated rings. The van der Waals surface area contributed by atoms with Crippen LogP contribution in [0.3, 0.4) is 0 Å². The lowest BCUT2D eigenvalue weighted by Gasteiger charge is -2.27. The second-order valence-electron chi connectivity index (χ2n) is 8.64. The summed E-state index contributed by atoms with van der Waals surface area (Å²) < 4.78 is 0. The van der Waals surface area contributed by atoms with E-state index in [0.29, 0.717) is 18.3 Å². The van der Waals surface area contributed by atoms with Crippen molar-refractivity contribution < 1.29 is 4.79 Å². The molecule has 0 spiro atoms. The SMILES string of the molecule is CC(C)c1ccccc1-c1nc2c(c(N(Cc3ccccc3)C(=O)N(C)C)n1)CCC2. The summed E-state index contributed by atoms with van der Waals surface area (Å²) in [5, 5.41) is 0. The number of fused-ring (bicyclic) bond motifs is 1. The van der Waals surface area contributed by atoms with Crippen LogP contribution in [0.15, 0.2) is 54.6 Å². The third kappa shape index (κ3) is 4.31. The average molecular weight is 415 g/mol. The van der Waals surface area contributed by atoms with Gasteiger partial charge in [-0.15, -0.1) is 0 Å². The van der Waals surface area contributed by atoms with Crippen LogP contribution >= 0.6 is 0 Å². The number of amides is 2. The first kappa shape index (κ1) is 21.0. The van der Waals surface area contributed by atoms with Crippen molar-refractivity contribution in [1.29, 1.82) is 0 Å². The fraction of sp³-hybridized carbons (Fsp3) is 0.346. The topological polar surface area (TPSA) is 49.3 Å². The van der Waals surface area contributed by atoms with E-state index in [1.54, 1.807) is 19.0 Å². The number of carbonyl (C=O) groups is 1. The predicted octanol–water partition coefficient (Wildman–Crippen LogP) is 5.44. The Morgan fingerprint density at radius 1 is 0.968 bits per heavy atom. The fourth-order valence-corrected chi connectivity index (χ4v) is 4.20. The van der Waals surface area contributed by atoms with Gasteiger partial charge in [0.05, 0.1) is 6.54 Å². The van der Waals surface area contributed by atoms with E-state index in [0.717, 1.165) is 47.5 Å². The van der Waals surface area contributed by atoms with Crippen molar-refractivity contribution in [2.75, 3.05) is 19.0 Å². The van der Waals surface area contributed by atoms with Crippen molar-refractivity contribution in [1.82, 2.24) is 14.9 Å². The lowest BCUT2D eigenvalue weighted by Crippen LogP contribution is -2.40. The molecular formula is C26H30N4O. The van der Waals surface area contributed by atoms with Crippen molar-refractivity contribution in [3.8, 4) is 11.4 Å². The summed E-state index contributed by atoms with van der Waals surface area (Å²) in [6.07, 6.45) is 2.88. The van der Waals surface area contributed by atoms with Crippen LogP contribution in [0.25, 0.3) is 11.4 Å². The molecule has 3 aromatic rings. The Morgan fingerprint density at radius 2 is 1.68 bits per heavy atom. The third-order valence-electron chi connectivity index (χ3n) is 5.79. The minimum atomic E-state index is -0.0697. The van der Waals surface area contributed by atoms with E-state index in [1.165, 1.54) is 5.56 Å². The molecule has 0 N–H and O–H groups in total. The van der Waals surface area contributed by atoms with Gasteiger partial charge in [-0.1, -0.05) is 68.4 Å². The van der Waals surface area contributed by atoms with E-state index >= 15 is 0 Å². The first-order valence-electron chi connectivity index (χ1n) is 11.0. The molecule has 0 unspecified atom stereocenters. The quantitative estimate of drug-likeness (QED) is 0.558. The molecule has 31 heavy (non-hydrogen) atoms. The van der Waals surface area contributed by atoms with Gasteiger partial charge < -0.3 is 4.90 Å². The Hall–Kier alpha value is -3.21. The van der Waals surface area contributed by atoms with Gasteiger partial charge in [-0.2, -0.15) is 0 Å². The largest absolute Gasteiger partial charge is 0.330 e. The van der Waals surface area contributed by atoms with Gasteiger partial charge in [0.2, 0.25) is 0 Å². The number of hydrogen-bond donors (Lipinski definition) is 0. The lowest BCUT2D eigenvalue weighted by molar-refractivity contribution is 0.223. The predicted molar refractivity (Wildman–Crippen MR) is 125 cm³/mol. The molecule has 2 amide bonds. The molecule has 160 valence electrons. The van der Waals surface area contributed by atoms with Crippen LogP contribution in [0.5, 0.6) is 0 Å². The zero-order chi connectivity index (χ0) is 22.0. The molecule has 0 aliphatic heterocycles. The van der Waals surface area contributed by atoms with Crippen LogP contribution in [-0.2, 0) is 19.4 Å². The second-order valence-corrected chi connectivity index (χ2v) is 8.64. The number of anilines is 1. The minimum absolute atomic E-state index is 0.0697. The summed E-state index contributed by atoms with van der Waals surface area (Å²) in [5.74, 6) is 1.82. The molecule has 0 saturated heterocycles. The van der Waals surface area contributed by atoms with Crippen molar-refractivity contribution >= 4 is 11.8 Å². The Morgan fingerprint density at radius 3 is 2.39 bits per heavy atom. The van der Waals surface area contributed by atoms with Gasteiger partial charge in [0.1, 0.15) is 5.82 Å². The first-order chi connectivity index (χ1) is 15.0. The van der Waals surface area contributed by atoms with Gasteiger partial charge in [-0.05, 0) is 36.3 Å². The average Bonchev–Trinajstić information content (AvgIpc) is 3.26. The van der Waals surface area contributed by atoms with E-state index in [9.17, 15) is 4.79 Å². The van der Waals surface area contributed by atoms with E-state index in [4.69, 9.17) is 9.97 Å². The molecule has 1 aliphatic rings. The first-order valence-corrected chi connectivity index (χ1v) is 11.0. The van der Waals surface area contributed by atoms with E-state index in [2.05, 4.69) is 32.0 Å². The van der Waals surface area contributed by atoms with Crippen molar-refractivity contribution in [2.45, 2.75) is 45.6 Å². The molecule has 0 radical (unpaired) electrons. The highest BCUT2D eigenvalue weighted by molar-refractivity contribution is 5.92. The number of carbonyl (C=O) groups excluding carboxylic acids is 1. The normalized spacial score (nSPS) is 12.7. The zero-order valence-corrected chi connectivity index (χ0v) is 18.8. The maximum atomic E-state index is 13.3. The molecule has 0 bridgehead atoms. The maximum absolute atomic E-state index is 13.3. The number of urea groups is 1. The Labute approximate surface area is 184 Å².